The van der Waals surface area contributed by atoms with Gasteiger partial charge >= 0.3 is 0 Å². The third-order valence-electron chi connectivity index (χ3n) is 9.63. The van der Waals surface area contributed by atoms with Gasteiger partial charge in [-0.15, -0.1) is 0 Å². The van der Waals surface area contributed by atoms with Crippen LogP contribution in [0.15, 0.2) is 22.9 Å². The Balaban J connectivity index is 1.90. The molecular formula is C32H58N2. The molecule has 0 aromatic rings. The number of unbranched alkanes of at least 4 members (excludes halogenated alkanes) is 8. The third kappa shape index (κ3) is 7.14. The van der Waals surface area contributed by atoms with Crippen molar-refractivity contribution in [2.45, 2.75) is 161 Å². The van der Waals surface area contributed by atoms with Crippen LogP contribution in [0.1, 0.15) is 155 Å². The van der Waals surface area contributed by atoms with E-state index < -0.39 is 0 Å². The summed E-state index contributed by atoms with van der Waals surface area (Å²) < 4.78 is 0. The molecule has 0 aromatic carbocycles. The van der Waals surface area contributed by atoms with E-state index in [0.29, 0.717) is 5.92 Å². The zero-order chi connectivity index (χ0) is 24.2. The summed E-state index contributed by atoms with van der Waals surface area (Å²) in [6.45, 7) is 4.63. The van der Waals surface area contributed by atoms with Gasteiger partial charge in [0.2, 0.25) is 0 Å². The van der Waals surface area contributed by atoms with Gasteiger partial charge in [0, 0.05) is 17.2 Å². The van der Waals surface area contributed by atoms with Crippen LogP contribution in [0.4, 0.5) is 0 Å². The largest absolute Gasteiger partial charge is 0.401 e. The molecule has 2 nitrogen and oxygen atoms in total. The monoisotopic (exact) mass is 470 g/mol. The molecule has 0 aliphatic heterocycles. The fraction of sp³-hybridized carbons (Fsp3) is 0.875. The maximum atomic E-state index is 7.36. The van der Waals surface area contributed by atoms with Crippen LogP contribution in [-0.2, 0) is 0 Å². The number of rotatable bonds is 14. The minimum absolute atomic E-state index is 0.0890. The van der Waals surface area contributed by atoms with E-state index in [0.717, 1.165) is 5.92 Å². The molecule has 0 bridgehead atoms. The fourth-order valence-corrected chi connectivity index (χ4v) is 7.57. The molecule has 3 rings (SSSR count). The highest BCUT2D eigenvalue weighted by atomic mass is 14.8. The van der Waals surface area contributed by atoms with E-state index in [4.69, 9.17) is 11.5 Å². The van der Waals surface area contributed by atoms with Gasteiger partial charge in [0.25, 0.3) is 0 Å². The van der Waals surface area contributed by atoms with E-state index in [2.05, 4.69) is 19.9 Å². The molecule has 2 saturated carbocycles. The topological polar surface area (TPSA) is 52.0 Å². The molecule has 0 aromatic heterocycles. The van der Waals surface area contributed by atoms with E-state index in [1.165, 1.54) is 153 Å². The van der Waals surface area contributed by atoms with Gasteiger partial charge in [-0.25, -0.2) is 0 Å². The summed E-state index contributed by atoms with van der Waals surface area (Å²) >= 11 is 0. The van der Waals surface area contributed by atoms with Crippen molar-refractivity contribution < 1.29 is 0 Å². The van der Waals surface area contributed by atoms with E-state index >= 15 is 0 Å². The molecule has 2 heteroatoms. The average Bonchev–Trinajstić information content (AvgIpc) is 2.87. The summed E-state index contributed by atoms with van der Waals surface area (Å²) in [5.41, 5.74) is 18.9. The highest BCUT2D eigenvalue weighted by Gasteiger charge is 2.45. The molecule has 4 N–H and O–H groups in total. The fourth-order valence-electron chi connectivity index (χ4n) is 7.57. The normalized spacial score (nSPS) is 27.3. The van der Waals surface area contributed by atoms with Crippen LogP contribution < -0.4 is 11.5 Å². The molecule has 196 valence electrons. The highest BCUT2D eigenvalue weighted by Crippen LogP contribution is 2.53. The van der Waals surface area contributed by atoms with Gasteiger partial charge in [-0.2, -0.15) is 0 Å². The van der Waals surface area contributed by atoms with Crippen LogP contribution in [0.25, 0.3) is 0 Å². The molecule has 0 radical (unpaired) electrons. The predicted molar refractivity (Wildman–Crippen MR) is 150 cm³/mol. The first kappa shape index (κ1) is 27.8. The van der Waals surface area contributed by atoms with Crippen molar-refractivity contribution in [1.29, 1.82) is 0 Å². The molecule has 3 aliphatic rings. The number of hydrogen-bond acceptors (Lipinski definition) is 2. The Morgan fingerprint density at radius 2 is 1.29 bits per heavy atom. The number of nitrogens with two attached hydrogens (primary N) is 2. The van der Waals surface area contributed by atoms with Crippen molar-refractivity contribution in [2.24, 2.45) is 28.7 Å². The summed E-state index contributed by atoms with van der Waals surface area (Å²) in [7, 11) is 0. The van der Waals surface area contributed by atoms with Gasteiger partial charge < -0.3 is 11.5 Å². The first-order valence-corrected chi connectivity index (χ1v) is 15.6. The molecule has 0 saturated heterocycles. The van der Waals surface area contributed by atoms with Crippen LogP contribution in [0.5, 0.6) is 0 Å². The van der Waals surface area contributed by atoms with Gasteiger partial charge in [0.15, 0.2) is 0 Å². The minimum atomic E-state index is 0.0890. The molecular weight excluding hydrogens is 412 g/mol. The van der Waals surface area contributed by atoms with Gasteiger partial charge in [-0.1, -0.05) is 122 Å². The van der Waals surface area contributed by atoms with Gasteiger partial charge in [0.1, 0.15) is 0 Å². The second-order valence-corrected chi connectivity index (χ2v) is 12.1. The van der Waals surface area contributed by atoms with Crippen molar-refractivity contribution >= 4 is 0 Å². The lowest BCUT2D eigenvalue weighted by molar-refractivity contribution is 0.178. The molecule has 0 heterocycles. The van der Waals surface area contributed by atoms with Gasteiger partial charge in [-0.05, 0) is 62.4 Å². The maximum Gasteiger partial charge on any atom is 0.0493 e. The predicted octanol–water partition coefficient (Wildman–Crippen LogP) is 9.33. The maximum absolute atomic E-state index is 7.36. The van der Waals surface area contributed by atoms with Crippen molar-refractivity contribution in [2.75, 3.05) is 0 Å². The van der Waals surface area contributed by atoms with E-state index in [-0.39, 0.29) is 11.5 Å². The van der Waals surface area contributed by atoms with E-state index in [1.807, 2.05) is 0 Å². The second-order valence-electron chi connectivity index (χ2n) is 12.1. The van der Waals surface area contributed by atoms with E-state index in [1.54, 1.807) is 5.57 Å². The summed E-state index contributed by atoms with van der Waals surface area (Å²) in [6.07, 6.45) is 32.3. The average molecular weight is 471 g/mol. The Hall–Kier alpha value is -0.760. The van der Waals surface area contributed by atoms with Crippen molar-refractivity contribution in [3.05, 3.63) is 22.9 Å². The molecule has 2 fully saturated rings. The van der Waals surface area contributed by atoms with Crippen LogP contribution in [0, 0.1) is 17.3 Å². The zero-order valence-corrected chi connectivity index (χ0v) is 23.0. The zero-order valence-electron chi connectivity index (χ0n) is 23.0. The van der Waals surface area contributed by atoms with Crippen LogP contribution in [0.3, 0.4) is 0 Å². The minimum Gasteiger partial charge on any atom is -0.401 e. The number of hydrogen-bond donors (Lipinski definition) is 2. The van der Waals surface area contributed by atoms with Gasteiger partial charge in [-0.3, -0.25) is 0 Å². The first-order chi connectivity index (χ1) is 16.6. The smallest absolute Gasteiger partial charge is 0.0493 e. The van der Waals surface area contributed by atoms with Gasteiger partial charge in [0.05, 0.1) is 0 Å². The molecule has 34 heavy (non-hydrogen) atoms. The summed E-state index contributed by atoms with van der Waals surface area (Å²) in [5.74, 6) is 1.37. The first-order valence-electron chi connectivity index (χ1n) is 15.6. The lowest BCUT2D eigenvalue weighted by Crippen LogP contribution is -2.45. The Labute approximate surface area is 212 Å². The summed E-state index contributed by atoms with van der Waals surface area (Å²) in [5, 5.41) is 0. The molecule has 2 atom stereocenters. The highest BCUT2D eigenvalue weighted by molar-refractivity contribution is 5.43. The van der Waals surface area contributed by atoms with Crippen LogP contribution >= 0.6 is 0 Å². The SMILES string of the molecule is CCCCCCCC1=CC(CCCCCCC)(C2CCCCC2)C(N)=C(C2CCCCC2)C1N. The third-order valence-corrected chi connectivity index (χ3v) is 9.63. The summed E-state index contributed by atoms with van der Waals surface area (Å²) in [6, 6.07) is 0.0890. The van der Waals surface area contributed by atoms with Crippen LogP contribution in [-0.4, -0.2) is 6.04 Å². The molecule has 2 unspecified atom stereocenters. The lowest BCUT2D eigenvalue weighted by atomic mass is 9.58. The molecule has 0 spiro atoms. The van der Waals surface area contributed by atoms with Crippen molar-refractivity contribution in [1.82, 2.24) is 0 Å². The Bertz CT molecular complexity index is 635. The van der Waals surface area contributed by atoms with Crippen molar-refractivity contribution in [3.63, 3.8) is 0 Å². The second kappa shape index (κ2) is 14.7. The standard InChI is InChI=1S/C32H58N2/c1-3-5-7-9-13-21-27-25-32(24-18-10-8-6-4-2,28-22-16-12-17-23-28)31(34)29(30(27)33)26-19-14-11-15-20-26/h25-26,28,30H,3-24,33-34H2,1-2H3. The van der Waals surface area contributed by atoms with Crippen LogP contribution in [0.2, 0.25) is 0 Å². The quantitative estimate of drug-likeness (QED) is 0.196. The lowest BCUT2D eigenvalue weighted by Gasteiger charge is -2.48. The Kier molecular flexibility index (Phi) is 12.0. The number of allylic oxidation sites excluding steroid dienone is 1. The van der Waals surface area contributed by atoms with Crippen molar-refractivity contribution in [3.8, 4) is 0 Å². The molecule has 3 aliphatic carbocycles. The van der Waals surface area contributed by atoms with E-state index in [9.17, 15) is 0 Å². The summed E-state index contributed by atoms with van der Waals surface area (Å²) in [4.78, 5) is 0. The molecule has 0 amide bonds. The Morgan fingerprint density at radius 3 is 1.91 bits per heavy atom. The Morgan fingerprint density at radius 1 is 0.735 bits per heavy atom.